The Hall–Kier alpha value is -3.01. The number of furan rings is 1. The molecule has 0 aliphatic rings. The first-order valence-electron chi connectivity index (χ1n) is 6.81. The second kappa shape index (κ2) is 6.18. The van der Waals surface area contributed by atoms with Gasteiger partial charge in [-0.3, -0.25) is 0 Å². The van der Waals surface area contributed by atoms with Crippen molar-refractivity contribution in [3.05, 3.63) is 78.3 Å². The maximum Gasteiger partial charge on any atom is 0.371 e. The number of ether oxygens (including phenoxy) is 1. The topological polar surface area (TPSA) is 59.7 Å². The molecule has 0 spiro atoms. The van der Waals surface area contributed by atoms with Gasteiger partial charge < -0.3 is 14.3 Å². The Kier molecular flexibility index (Phi) is 3.92. The minimum absolute atomic E-state index is 0.0700. The summed E-state index contributed by atoms with van der Waals surface area (Å²) in [7, 11) is 0. The molecule has 3 aromatic rings. The van der Waals surface area contributed by atoms with Crippen molar-refractivity contribution >= 4 is 5.97 Å². The van der Waals surface area contributed by atoms with Crippen molar-refractivity contribution in [3.63, 3.8) is 0 Å². The summed E-state index contributed by atoms with van der Waals surface area (Å²) >= 11 is 0. The minimum Gasteiger partial charge on any atom is -0.489 e. The molecule has 0 aliphatic carbocycles. The third-order valence-corrected chi connectivity index (χ3v) is 3.25. The monoisotopic (exact) mass is 294 g/mol. The van der Waals surface area contributed by atoms with Crippen LogP contribution in [0.2, 0.25) is 0 Å². The highest BCUT2D eigenvalue weighted by Gasteiger charge is 2.10. The zero-order valence-corrected chi connectivity index (χ0v) is 11.7. The van der Waals surface area contributed by atoms with E-state index in [1.165, 1.54) is 12.3 Å². The van der Waals surface area contributed by atoms with Gasteiger partial charge in [-0.15, -0.1) is 0 Å². The first-order chi connectivity index (χ1) is 10.7. The van der Waals surface area contributed by atoms with Crippen molar-refractivity contribution in [1.29, 1.82) is 0 Å². The second-order valence-electron chi connectivity index (χ2n) is 4.80. The Morgan fingerprint density at radius 3 is 2.36 bits per heavy atom. The van der Waals surface area contributed by atoms with E-state index in [-0.39, 0.29) is 5.76 Å². The highest BCUT2D eigenvalue weighted by Crippen LogP contribution is 2.25. The largest absolute Gasteiger partial charge is 0.489 e. The van der Waals surface area contributed by atoms with Crippen LogP contribution in [0, 0.1) is 0 Å². The highest BCUT2D eigenvalue weighted by atomic mass is 16.5. The van der Waals surface area contributed by atoms with Gasteiger partial charge in [0.2, 0.25) is 5.76 Å². The number of carboxylic acid groups (broad SMARTS) is 1. The number of carbonyl (C=O) groups is 1. The van der Waals surface area contributed by atoms with Crippen LogP contribution in [0.4, 0.5) is 0 Å². The maximum atomic E-state index is 10.8. The number of hydrogen-bond donors (Lipinski definition) is 1. The summed E-state index contributed by atoms with van der Waals surface area (Å²) in [4.78, 5) is 10.8. The number of rotatable bonds is 5. The van der Waals surface area contributed by atoms with Crippen molar-refractivity contribution in [3.8, 4) is 16.9 Å². The van der Waals surface area contributed by atoms with Crippen LogP contribution in [0.25, 0.3) is 11.1 Å². The number of benzene rings is 2. The van der Waals surface area contributed by atoms with Crippen LogP contribution < -0.4 is 4.74 Å². The molecule has 4 nitrogen and oxygen atoms in total. The minimum atomic E-state index is -1.07. The quantitative estimate of drug-likeness (QED) is 0.765. The van der Waals surface area contributed by atoms with E-state index in [4.69, 9.17) is 14.3 Å². The lowest BCUT2D eigenvalue weighted by Crippen LogP contribution is -1.94. The fraction of sp³-hybridized carbons (Fsp3) is 0.0556. The molecule has 4 heteroatoms. The molecule has 0 amide bonds. The molecule has 2 aromatic carbocycles. The van der Waals surface area contributed by atoms with Crippen LogP contribution in [0.15, 0.2) is 71.3 Å². The molecule has 0 aliphatic heterocycles. The van der Waals surface area contributed by atoms with Gasteiger partial charge in [0.25, 0.3) is 0 Å². The van der Waals surface area contributed by atoms with E-state index >= 15 is 0 Å². The van der Waals surface area contributed by atoms with Gasteiger partial charge in [0.15, 0.2) is 0 Å². The fourth-order valence-corrected chi connectivity index (χ4v) is 2.08. The highest BCUT2D eigenvalue weighted by molar-refractivity contribution is 5.86. The van der Waals surface area contributed by atoms with Gasteiger partial charge in [-0.25, -0.2) is 4.79 Å². The molecule has 0 atom stereocenters. The van der Waals surface area contributed by atoms with Gasteiger partial charge in [0, 0.05) is 5.56 Å². The number of carboxylic acids is 1. The standard InChI is InChI=1S/C18H14O4/c19-18(20)17-10-15(12-22-17)14-6-8-16(9-7-14)21-11-13-4-2-1-3-5-13/h1-10,12H,11H2,(H,19,20). The normalized spacial score (nSPS) is 10.4. The van der Waals surface area contributed by atoms with Crippen molar-refractivity contribution in [2.75, 3.05) is 0 Å². The Labute approximate surface area is 127 Å². The van der Waals surface area contributed by atoms with Gasteiger partial charge in [0.05, 0.1) is 6.26 Å². The van der Waals surface area contributed by atoms with E-state index in [9.17, 15) is 4.79 Å². The summed E-state index contributed by atoms with van der Waals surface area (Å²) in [6.07, 6.45) is 1.43. The van der Waals surface area contributed by atoms with Crippen LogP contribution in [0.5, 0.6) is 5.75 Å². The Bertz CT molecular complexity index is 757. The van der Waals surface area contributed by atoms with Gasteiger partial charge in [0.1, 0.15) is 12.4 Å². The molecule has 22 heavy (non-hydrogen) atoms. The summed E-state index contributed by atoms with van der Waals surface area (Å²) in [5.74, 6) is -0.386. The molecule has 0 fully saturated rings. The van der Waals surface area contributed by atoms with Crippen molar-refractivity contribution in [2.45, 2.75) is 6.61 Å². The van der Waals surface area contributed by atoms with E-state index in [1.54, 1.807) is 0 Å². The average Bonchev–Trinajstić information content (AvgIpc) is 3.05. The van der Waals surface area contributed by atoms with Crippen LogP contribution in [-0.4, -0.2) is 11.1 Å². The van der Waals surface area contributed by atoms with Crippen LogP contribution in [0.3, 0.4) is 0 Å². The lowest BCUT2D eigenvalue weighted by molar-refractivity contribution is 0.0662. The summed E-state index contributed by atoms with van der Waals surface area (Å²) < 4.78 is 10.7. The van der Waals surface area contributed by atoms with Crippen molar-refractivity contribution < 1.29 is 19.1 Å². The Morgan fingerprint density at radius 1 is 1.00 bits per heavy atom. The third kappa shape index (κ3) is 3.17. The fourth-order valence-electron chi connectivity index (χ4n) is 2.08. The number of aromatic carboxylic acids is 1. The average molecular weight is 294 g/mol. The summed E-state index contributed by atoms with van der Waals surface area (Å²) in [5.41, 5.74) is 2.71. The third-order valence-electron chi connectivity index (χ3n) is 3.25. The van der Waals surface area contributed by atoms with E-state index in [1.807, 2.05) is 54.6 Å². The van der Waals surface area contributed by atoms with Crippen molar-refractivity contribution in [2.24, 2.45) is 0 Å². The molecule has 0 radical (unpaired) electrons. The van der Waals surface area contributed by atoms with E-state index in [0.29, 0.717) is 6.61 Å². The van der Waals surface area contributed by atoms with Gasteiger partial charge in [-0.2, -0.15) is 0 Å². The predicted molar refractivity (Wildman–Crippen MR) is 81.9 cm³/mol. The second-order valence-corrected chi connectivity index (χ2v) is 4.80. The molecule has 1 heterocycles. The summed E-state index contributed by atoms with van der Waals surface area (Å²) in [6.45, 7) is 0.509. The molecule has 0 unspecified atom stereocenters. The summed E-state index contributed by atoms with van der Waals surface area (Å²) in [5, 5.41) is 8.85. The van der Waals surface area contributed by atoms with Crippen LogP contribution in [-0.2, 0) is 6.61 Å². The molecule has 0 bridgehead atoms. The van der Waals surface area contributed by atoms with Gasteiger partial charge >= 0.3 is 5.97 Å². The zero-order valence-electron chi connectivity index (χ0n) is 11.7. The van der Waals surface area contributed by atoms with Crippen molar-refractivity contribution in [1.82, 2.24) is 0 Å². The zero-order chi connectivity index (χ0) is 15.4. The molecule has 1 N–H and O–H groups in total. The smallest absolute Gasteiger partial charge is 0.371 e. The van der Waals surface area contributed by atoms with Gasteiger partial charge in [-0.05, 0) is 29.3 Å². The molecular formula is C18H14O4. The van der Waals surface area contributed by atoms with E-state index in [0.717, 1.165) is 22.4 Å². The van der Waals surface area contributed by atoms with Crippen LogP contribution >= 0.6 is 0 Å². The maximum absolute atomic E-state index is 10.8. The number of hydrogen-bond acceptors (Lipinski definition) is 3. The predicted octanol–water partition coefficient (Wildman–Crippen LogP) is 4.22. The lowest BCUT2D eigenvalue weighted by Gasteiger charge is -2.06. The lowest BCUT2D eigenvalue weighted by atomic mass is 10.1. The molecular weight excluding hydrogens is 280 g/mol. The van der Waals surface area contributed by atoms with E-state index < -0.39 is 5.97 Å². The Balaban J connectivity index is 1.68. The first kappa shape index (κ1) is 13.9. The molecule has 3 rings (SSSR count). The molecule has 110 valence electrons. The molecule has 1 aromatic heterocycles. The van der Waals surface area contributed by atoms with Crippen LogP contribution in [0.1, 0.15) is 16.1 Å². The van der Waals surface area contributed by atoms with Gasteiger partial charge in [-0.1, -0.05) is 42.5 Å². The molecule has 0 saturated carbocycles. The van der Waals surface area contributed by atoms with E-state index in [2.05, 4.69) is 0 Å². The Morgan fingerprint density at radius 2 is 1.73 bits per heavy atom. The SMILES string of the molecule is O=C(O)c1cc(-c2ccc(OCc3ccccc3)cc2)co1. The molecule has 0 saturated heterocycles. The summed E-state index contributed by atoms with van der Waals surface area (Å²) in [6, 6.07) is 18.9. The first-order valence-corrected chi connectivity index (χ1v) is 6.81.